The van der Waals surface area contributed by atoms with E-state index in [1.54, 1.807) is 0 Å². The van der Waals surface area contributed by atoms with Gasteiger partial charge in [-0.2, -0.15) is 0 Å². The number of aromatic nitrogens is 1. The Kier molecular flexibility index (Phi) is 7.81. The molecule has 4 rings (SSSR count). The SMILES string of the molecule is CCN1CCN(c2cc(C)c3cc(NC(=O)CCC(=O)N4CCCCCC4)ccc3n2)CC1. The molecule has 2 saturated heterocycles. The Morgan fingerprint density at radius 1 is 0.939 bits per heavy atom. The highest BCUT2D eigenvalue weighted by molar-refractivity contribution is 5.96. The molecule has 3 heterocycles. The lowest BCUT2D eigenvalue weighted by Crippen LogP contribution is -2.46. The van der Waals surface area contributed by atoms with Crippen molar-refractivity contribution >= 4 is 34.2 Å². The van der Waals surface area contributed by atoms with Gasteiger partial charge in [0.05, 0.1) is 5.52 Å². The number of anilines is 2. The number of hydrogen-bond donors (Lipinski definition) is 1. The number of aryl methyl sites for hydroxylation is 1. The molecular formula is C26H37N5O2. The van der Waals surface area contributed by atoms with Crippen LogP contribution < -0.4 is 10.2 Å². The summed E-state index contributed by atoms with van der Waals surface area (Å²) >= 11 is 0. The van der Waals surface area contributed by atoms with Crippen molar-refractivity contribution in [3.05, 3.63) is 29.8 Å². The Hall–Kier alpha value is -2.67. The smallest absolute Gasteiger partial charge is 0.224 e. The van der Waals surface area contributed by atoms with Crippen molar-refractivity contribution in [2.75, 3.05) is 56.0 Å². The van der Waals surface area contributed by atoms with E-state index >= 15 is 0 Å². The fraction of sp³-hybridized carbons (Fsp3) is 0.577. The molecule has 2 aliphatic heterocycles. The Balaban J connectivity index is 1.36. The molecule has 1 N–H and O–H groups in total. The zero-order valence-corrected chi connectivity index (χ0v) is 20.1. The van der Waals surface area contributed by atoms with Crippen molar-refractivity contribution in [2.45, 2.75) is 52.4 Å². The van der Waals surface area contributed by atoms with Gasteiger partial charge in [-0.1, -0.05) is 19.8 Å². The van der Waals surface area contributed by atoms with Gasteiger partial charge in [0.2, 0.25) is 11.8 Å². The Labute approximate surface area is 197 Å². The Morgan fingerprint density at radius 2 is 1.67 bits per heavy atom. The first-order valence-corrected chi connectivity index (χ1v) is 12.5. The topological polar surface area (TPSA) is 68.8 Å². The van der Waals surface area contributed by atoms with Crippen LogP contribution in [0, 0.1) is 6.92 Å². The number of piperazine rings is 1. The summed E-state index contributed by atoms with van der Waals surface area (Å²) in [6.07, 6.45) is 5.01. The maximum Gasteiger partial charge on any atom is 0.224 e. The lowest BCUT2D eigenvalue weighted by Gasteiger charge is -2.35. The normalized spacial score (nSPS) is 17.8. The van der Waals surface area contributed by atoms with Gasteiger partial charge in [-0.3, -0.25) is 9.59 Å². The summed E-state index contributed by atoms with van der Waals surface area (Å²) in [6.45, 7) is 11.2. The first-order valence-electron chi connectivity index (χ1n) is 12.5. The molecule has 0 unspecified atom stereocenters. The van der Waals surface area contributed by atoms with Crippen LogP contribution in [-0.4, -0.2) is 72.4 Å². The van der Waals surface area contributed by atoms with Gasteiger partial charge in [0.15, 0.2) is 0 Å². The highest BCUT2D eigenvalue weighted by Gasteiger charge is 2.19. The lowest BCUT2D eigenvalue weighted by molar-refractivity contribution is -0.132. The van der Waals surface area contributed by atoms with Crippen LogP contribution >= 0.6 is 0 Å². The number of fused-ring (bicyclic) bond motifs is 1. The number of likely N-dealkylation sites (tertiary alicyclic amines) is 1. The number of hydrogen-bond acceptors (Lipinski definition) is 5. The molecule has 0 bridgehead atoms. The van der Waals surface area contributed by atoms with Crippen LogP contribution in [0.15, 0.2) is 24.3 Å². The molecule has 2 amide bonds. The van der Waals surface area contributed by atoms with E-state index in [0.717, 1.165) is 86.6 Å². The average Bonchev–Trinajstić information content (AvgIpc) is 3.13. The Bertz CT molecular complexity index is 976. The molecule has 33 heavy (non-hydrogen) atoms. The predicted octanol–water partition coefficient (Wildman–Crippen LogP) is 3.81. The molecule has 7 nitrogen and oxygen atoms in total. The van der Waals surface area contributed by atoms with Crippen LogP contribution in [0.5, 0.6) is 0 Å². The molecule has 2 aliphatic rings. The number of benzene rings is 1. The molecule has 0 atom stereocenters. The highest BCUT2D eigenvalue weighted by atomic mass is 16.2. The quantitative estimate of drug-likeness (QED) is 0.723. The van der Waals surface area contributed by atoms with Crippen molar-refractivity contribution in [3.63, 3.8) is 0 Å². The van der Waals surface area contributed by atoms with Crippen molar-refractivity contribution in [1.82, 2.24) is 14.8 Å². The van der Waals surface area contributed by atoms with E-state index in [1.165, 1.54) is 12.8 Å². The number of amides is 2. The minimum absolute atomic E-state index is 0.0953. The van der Waals surface area contributed by atoms with Gasteiger partial charge in [0.1, 0.15) is 5.82 Å². The number of pyridine rings is 1. The fourth-order valence-corrected chi connectivity index (χ4v) is 4.83. The van der Waals surface area contributed by atoms with E-state index in [0.29, 0.717) is 0 Å². The summed E-state index contributed by atoms with van der Waals surface area (Å²) in [7, 11) is 0. The van der Waals surface area contributed by atoms with Crippen molar-refractivity contribution in [3.8, 4) is 0 Å². The largest absolute Gasteiger partial charge is 0.354 e. The molecule has 1 aromatic carbocycles. The molecule has 0 radical (unpaired) electrons. The van der Waals surface area contributed by atoms with Crippen LogP contribution in [0.2, 0.25) is 0 Å². The van der Waals surface area contributed by atoms with E-state index in [9.17, 15) is 9.59 Å². The number of nitrogens with one attached hydrogen (secondary N) is 1. The zero-order valence-electron chi connectivity index (χ0n) is 20.1. The molecule has 178 valence electrons. The second-order valence-electron chi connectivity index (χ2n) is 9.29. The van der Waals surface area contributed by atoms with E-state index < -0.39 is 0 Å². The summed E-state index contributed by atoms with van der Waals surface area (Å²) in [5.74, 6) is 1.01. The second-order valence-corrected chi connectivity index (χ2v) is 9.29. The average molecular weight is 452 g/mol. The first kappa shape index (κ1) is 23.5. The molecule has 0 saturated carbocycles. The summed E-state index contributed by atoms with van der Waals surface area (Å²) in [5, 5.41) is 4.01. The van der Waals surface area contributed by atoms with Gasteiger partial charge >= 0.3 is 0 Å². The molecule has 0 aliphatic carbocycles. The molecular weight excluding hydrogens is 414 g/mol. The third kappa shape index (κ3) is 6.02. The third-order valence-electron chi connectivity index (χ3n) is 6.95. The van der Waals surface area contributed by atoms with Gasteiger partial charge in [-0.15, -0.1) is 0 Å². The minimum Gasteiger partial charge on any atom is -0.354 e. The number of nitrogens with zero attached hydrogens (tertiary/aromatic N) is 4. The second kappa shape index (κ2) is 11.0. The van der Waals surface area contributed by atoms with Gasteiger partial charge in [0.25, 0.3) is 0 Å². The van der Waals surface area contributed by atoms with Crippen LogP contribution in [0.25, 0.3) is 10.9 Å². The fourth-order valence-electron chi connectivity index (χ4n) is 4.83. The number of likely N-dealkylation sites (N-methyl/N-ethyl adjacent to an activating group) is 1. The maximum atomic E-state index is 12.5. The van der Waals surface area contributed by atoms with Gasteiger partial charge in [-0.05, 0) is 56.1 Å². The van der Waals surface area contributed by atoms with Crippen LogP contribution in [0.4, 0.5) is 11.5 Å². The predicted molar refractivity (Wildman–Crippen MR) is 134 cm³/mol. The van der Waals surface area contributed by atoms with Gasteiger partial charge < -0.3 is 20.0 Å². The molecule has 0 spiro atoms. The van der Waals surface area contributed by atoms with E-state index in [4.69, 9.17) is 4.98 Å². The number of carbonyl (C=O) groups is 2. The number of rotatable bonds is 6. The lowest BCUT2D eigenvalue weighted by atomic mass is 10.1. The van der Waals surface area contributed by atoms with Crippen LogP contribution in [0.3, 0.4) is 0 Å². The first-order chi connectivity index (χ1) is 16.0. The van der Waals surface area contributed by atoms with Gasteiger partial charge in [-0.25, -0.2) is 4.98 Å². The Morgan fingerprint density at radius 3 is 2.36 bits per heavy atom. The van der Waals surface area contributed by atoms with Crippen molar-refractivity contribution < 1.29 is 9.59 Å². The monoisotopic (exact) mass is 451 g/mol. The van der Waals surface area contributed by atoms with E-state index in [2.05, 4.69) is 35.0 Å². The molecule has 1 aromatic heterocycles. The van der Waals surface area contributed by atoms with Gasteiger partial charge in [0, 0.05) is 63.2 Å². The zero-order chi connectivity index (χ0) is 23.2. The maximum absolute atomic E-state index is 12.5. The summed E-state index contributed by atoms with van der Waals surface area (Å²) < 4.78 is 0. The highest BCUT2D eigenvalue weighted by Crippen LogP contribution is 2.26. The third-order valence-corrected chi connectivity index (χ3v) is 6.95. The molecule has 2 aromatic rings. The minimum atomic E-state index is -0.117. The van der Waals surface area contributed by atoms with Crippen molar-refractivity contribution in [2.24, 2.45) is 0 Å². The number of carbonyl (C=O) groups excluding carboxylic acids is 2. The molecule has 7 heteroatoms. The summed E-state index contributed by atoms with van der Waals surface area (Å²) in [4.78, 5) is 36.6. The summed E-state index contributed by atoms with van der Waals surface area (Å²) in [6, 6.07) is 8.02. The van der Waals surface area contributed by atoms with E-state index in [-0.39, 0.29) is 24.7 Å². The standard InChI is InChI=1S/C26H37N5O2/c1-3-29-14-16-30(17-15-29)24-18-20(2)22-19-21(8-9-23(22)28-24)27-25(32)10-11-26(33)31-12-6-4-5-7-13-31/h8-9,18-19H,3-7,10-17H2,1-2H3,(H,27,32). The van der Waals surface area contributed by atoms with Crippen LogP contribution in [0.1, 0.15) is 51.0 Å². The van der Waals surface area contributed by atoms with Crippen molar-refractivity contribution in [1.29, 1.82) is 0 Å². The molecule has 2 fully saturated rings. The summed E-state index contributed by atoms with van der Waals surface area (Å²) in [5.41, 5.74) is 2.85. The van der Waals surface area contributed by atoms with Crippen LogP contribution in [-0.2, 0) is 9.59 Å². The van der Waals surface area contributed by atoms with E-state index in [1.807, 2.05) is 23.1 Å².